The van der Waals surface area contributed by atoms with E-state index in [2.05, 4.69) is 19.1 Å². The second-order valence-corrected chi connectivity index (χ2v) is 3.29. The molecule has 0 spiro atoms. The fourth-order valence-electron chi connectivity index (χ4n) is 0.738. The molecular formula is C9H15S. The van der Waals surface area contributed by atoms with Crippen LogP contribution in [0.15, 0.2) is 0 Å². The average Bonchev–Trinajstić information content (AvgIpc) is 1.98. The van der Waals surface area contributed by atoms with Crippen LogP contribution in [0.1, 0.15) is 26.2 Å². The molecule has 0 aromatic heterocycles. The summed E-state index contributed by atoms with van der Waals surface area (Å²) in [7, 11) is 0. The van der Waals surface area contributed by atoms with Gasteiger partial charge in [0.05, 0.1) is 0 Å². The second-order valence-electron chi connectivity index (χ2n) is 2.47. The highest BCUT2D eigenvalue weighted by atomic mass is 32.2. The van der Waals surface area contributed by atoms with E-state index in [0.29, 0.717) is 5.92 Å². The summed E-state index contributed by atoms with van der Waals surface area (Å²) in [6.07, 6.45) is 12.6. The molecule has 0 aromatic carbocycles. The molecule has 1 unspecified atom stereocenters. The Labute approximate surface area is 68.8 Å². The maximum atomic E-state index is 5.22. The molecule has 0 aliphatic heterocycles. The van der Waals surface area contributed by atoms with Crippen molar-refractivity contribution < 1.29 is 0 Å². The van der Waals surface area contributed by atoms with Gasteiger partial charge in [-0.15, -0.1) is 12.3 Å². The van der Waals surface area contributed by atoms with Crippen molar-refractivity contribution in [3.05, 3.63) is 6.26 Å². The Kier molecular flexibility index (Phi) is 6.96. The van der Waals surface area contributed by atoms with Crippen LogP contribution in [0.3, 0.4) is 0 Å². The summed E-state index contributed by atoms with van der Waals surface area (Å²) in [4.78, 5) is 0. The Morgan fingerprint density at radius 1 is 1.60 bits per heavy atom. The van der Waals surface area contributed by atoms with E-state index >= 15 is 0 Å². The first-order valence-electron chi connectivity index (χ1n) is 3.64. The molecule has 0 saturated heterocycles. The van der Waals surface area contributed by atoms with Crippen LogP contribution >= 0.6 is 11.8 Å². The van der Waals surface area contributed by atoms with Crippen LogP contribution in [0, 0.1) is 24.5 Å². The molecule has 0 amide bonds. The van der Waals surface area contributed by atoms with Gasteiger partial charge in [0.1, 0.15) is 0 Å². The minimum atomic E-state index is 0.454. The van der Waals surface area contributed by atoms with Gasteiger partial charge in [-0.1, -0.05) is 13.3 Å². The Hall–Kier alpha value is -0.0900. The third kappa shape index (κ3) is 6.04. The third-order valence-electron chi connectivity index (χ3n) is 1.46. The molecule has 57 valence electrons. The van der Waals surface area contributed by atoms with E-state index in [1.807, 2.05) is 0 Å². The van der Waals surface area contributed by atoms with Gasteiger partial charge in [-0.2, -0.15) is 11.8 Å². The largest absolute Gasteiger partial charge is 0.161 e. The monoisotopic (exact) mass is 155 g/mol. The van der Waals surface area contributed by atoms with Gasteiger partial charge in [-0.05, 0) is 18.6 Å². The predicted octanol–water partition coefficient (Wildman–Crippen LogP) is 2.95. The molecule has 1 heteroatoms. The Bertz CT molecular complexity index is 102. The van der Waals surface area contributed by atoms with Crippen molar-refractivity contribution in [3.8, 4) is 12.3 Å². The summed E-state index contributed by atoms with van der Waals surface area (Å²) in [5.41, 5.74) is 0. The van der Waals surface area contributed by atoms with Crippen LogP contribution in [-0.4, -0.2) is 5.75 Å². The van der Waals surface area contributed by atoms with E-state index in [1.54, 1.807) is 11.8 Å². The first-order valence-corrected chi connectivity index (χ1v) is 4.79. The van der Waals surface area contributed by atoms with E-state index < -0.39 is 0 Å². The number of hydrogen-bond donors (Lipinski definition) is 0. The number of thioether (sulfide) groups is 1. The molecule has 0 N–H and O–H groups in total. The lowest BCUT2D eigenvalue weighted by Gasteiger charge is -2.01. The smallest absolute Gasteiger partial charge is 0.0171 e. The average molecular weight is 155 g/mol. The molecule has 0 bridgehead atoms. The lowest BCUT2D eigenvalue weighted by molar-refractivity contribution is 0.617. The van der Waals surface area contributed by atoms with Gasteiger partial charge in [-0.3, -0.25) is 0 Å². The SMILES string of the molecule is C#CC(C)CCCCS[CH2]. The topological polar surface area (TPSA) is 0 Å². The highest BCUT2D eigenvalue weighted by Crippen LogP contribution is 2.08. The van der Waals surface area contributed by atoms with Crippen LogP contribution in [0.25, 0.3) is 0 Å². The number of rotatable bonds is 5. The van der Waals surface area contributed by atoms with E-state index in [-0.39, 0.29) is 0 Å². The second kappa shape index (κ2) is 7.02. The Morgan fingerprint density at radius 3 is 2.80 bits per heavy atom. The van der Waals surface area contributed by atoms with E-state index in [1.165, 1.54) is 12.8 Å². The Balaban J connectivity index is 2.98. The zero-order valence-electron chi connectivity index (χ0n) is 6.60. The molecule has 0 heterocycles. The van der Waals surface area contributed by atoms with Gasteiger partial charge in [-0.25, -0.2) is 0 Å². The van der Waals surface area contributed by atoms with Gasteiger partial charge in [0.2, 0.25) is 0 Å². The lowest BCUT2D eigenvalue weighted by Crippen LogP contribution is -1.89. The highest BCUT2D eigenvalue weighted by Gasteiger charge is 1.94. The molecule has 0 aromatic rings. The maximum Gasteiger partial charge on any atom is 0.0171 e. The highest BCUT2D eigenvalue weighted by molar-refractivity contribution is 8.00. The van der Waals surface area contributed by atoms with Crippen LogP contribution < -0.4 is 0 Å². The quantitative estimate of drug-likeness (QED) is 0.434. The van der Waals surface area contributed by atoms with Gasteiger partial charge in [0, 0.05) is 12.2 Å². The van der Waals surface area contributed by atoms with Crippen molar-refractivity contribution in [2.45, 2.75) is 26.2 Å². The predicted molar refractivity (Wildman–Crippen MR) is 49.7 cm³/mol. The summed E-state index contributed by atoms with van der Waals surface area (Å²) in [5.74, 6) is 4.34. The van der Waals surface area contributed by atoms with Crippen LogP contribution in [0.4, 0.5) is 0 Å². The van der Waals surface area contributed by atoms with Crippen molar-refractivity contribution in [1.29, 1.82) is 0 Å². The molecule has 1 radical (unpaired) electrons. The molecule has 0 nitrogen and oxygen atoms in total. The molecule has 0 aliphatic carbocycles. The molecular weight excluding hydrogens is 140 g/mol. The van der Waals surface area contributed by atoms with E-state index in [4.69, 9.17) is 6.42 Å². The zero-order chi connectivity index (χ0) is 7.82. The van der Waals surface area contributed by atoms with Crippen LogP contribution in [-0.2, 0) is 0 Å². The van der Waals surface area contributed by atoms with E-state index in [0.717, 1.165) is 12.2 Å². The zero-order valence-corrected chi connectivity index (χ0v) is 7.41. The van der Waals surface area contributed by atoms with Crippen molar-refractivity contribution in [2.24, 2.45) is 5.92 Å². The molecule has 0 aliphatic rings. The van der Waals surface area contributed by atoms with Crippen molar-refractivity contribution in [3.63, 3.8) is 0 Å². The summed E-state index contributed by atoms with van der Waals surface area (Å²) in [5, 5.41) is 0. The fourth-order valence-corrected chi connectivity index (χ4v) is 1.15. The first kappa shape index (κ1) is 9.91. The van der Waals surface area contributed by atoms with Crippen molar-refractivity contribution in [2.75, 3.05) is 5.75 Å². The van der Waals surface area contributed by atoms with Crippen LogP contribution in [0.2, 0.25) is 0 Å². The van der Waals surface area contributed by atoms with Gasteiger partial charge >= 0.3 is 0 Å². The van der Waals surface area contributed by atoms with Crippen molar-refractivity contribution in [1.82, 2.24) is 0 Å². The normalized spacial score (nSPS) is 12.5. The van der Waals surface area contributed by atoms with Crippen LogP contribution in [0.5, 0.6) is 0 Å². The Morgan fingerprint density at radius 2 is 2.30 bits per heavy atom. The number of hydrogen-bond acceptors (Lipinski definition) is 1. The van der Waals surface area contributed by atoms with Gasteiger partial charge < -0.3 is 0 Å². The summed E-state index contributed by atoms with van der Waals surface area (Å²) < 4.78 is 0. The molecule has 0 saturated carbocycles. The fraction of sp³-hybridized carbons (Fsp3) is 0.667. The standard InChI is InChI=1S/C9H15S/c1-4-9(2)7-5-6-8-10-3/h1,9H,3,5-8H2,2H3. The minimum Gasteiger partial charge on any atom is -0.161 e. The molecule has 0 fully saturated rings. The minimum absolute atomic E-state index is 0.454. The summed E-state index contributed by atoms with van der Waals surface area (Å²) >= 11 is 1.66. The summed E-state index contributed by atoms with van der Waals surface area (Å²) in [6, 6.07) is 0. The first-order chi connectivity index (χ1) is 4.81. The lowest BCUT2D eigenvalue weighted by atomic mass is 10.1. The van der Waals surface area contributed by atoms with Gasteiger partial charge in [0.25, 0.3) is 0 Å². The molecule has 0 rings (SSSR count). The van der Waals surface area contributed by atoms with Crippen molar-refractivity contribution >= 4 is 11.8 Å². The number of unbranched alkanes of at least 4 members (excludes halogenated alkanes) is 1. The number of terminal acetylenes is 1. The maximum absolute atomic E-state index is 5.22. The summed E-state index contributed by atoms with van der Waals surface area (Å²) in [6.45, 7) is 2.09. The van der Waals surface area contributed by atoms with Gasteiger partial charge in [0.15, 0.2) is 0 Å². The third-order valence-corrected chi connectivity index (χ3v) is 2.04. The molecule has 1 atom stereocenters. The van der Waals surface area contributed by atoms with E-state index in [9.17, 15) is 0 Å². The molecule has 10 heavy (non-hydrogen) atoms.